The Morgan fingerprint density at radius 3 is 2.72 bits per heavy atom. The molecule has 0 fully saturated rings. The summed E-state index contributed by atoms with van der Waals surface area (Å²) in [6, 6.07) is 4.32. The fraction of sp³-hybridized carbons (Fsp3) is 0.643. The molecule has 0 unspecified atom stereocenters. The minimum Gasteiger partial charge on any atom is -0.393 e. The summed E-state index contributed by atoms with van der Waals surface area (Å²) in [6.07, 6.45) is 2.20. The number of thiocarbonyl (C=S) groups is 1. The van der Waals surface area contributed by atoms with Gasteiger partial charge in [-0.3, -0.25) is 4.90 Å². The second-order valence-corrected chi connectivity index (χ2v) is 6.77. The van der Waals surface area contributed by atoms with E-state index >= 15 is 0 Å². The summed E-state index contributed by atoms with van der Waals surface area (Å²) in [6.45, 7) is 9.73. The van der Waals surface area contributed by atoms with Crippen molar-refractivity contribution in [2.45, 2.75) is 40.2 Å². The van der Waals surface area contributed by atoms with Gasteiger partial charge in [-0.15, -0.1) is 11.3 Å². The van der Waals surface area contributed by atoms with Crippen molar-refractivity contribution in [1.82, 2.24) is 4.90 Å². The van der Waals surface area contributed by atoms with E-state index in [2.05, 4.69) is 43.2 Å². The van der Waals surface area contributed by atoms with E-state index in [4.69, 9.17) is 18.0 Å². The largest absolute Gasteiger partial charge is 0.393 e. The van der Waals surface area contributed by atoms with Crippen LogP contribution in [0.3, 0.4) is 0 Å². The third kappa shape index (κ3) is 5.04. The standard InChI is InChI=1S/C14H24N2S2/c1-4-16(11-12-7-5-10-18-12)9-6-8-14(2,3)13(15)17/h5,7,10H,4,6,8-9,11H2,1-3H3,(H2,15,17). The first-order valence-corrected chi connectivity index (χ1v) is 7.79. The van der Waals surface area contributed by atoms with Crippen molar-refractivity contribution in [3.05, 3.63) is 22.4 Å². The number of nitrogens with zero attached hydrogens (tertiary/aromatic N) is 1. The van der Waals surface area contributed by atoms with Gasteiger partial charge in [-0.1, -0.05) is 39.1 Å². The highest BCUT2D eigenvalue weighted by atomic mass is 32.1. The highest BCUT2D eigenvalue weighted by Gasteiger charge is 2.20. The molecule has 0 aliphatic rings. The van der Waals surface area contributed by atoms with Crippen molar-refractivity contribution in [3.63, 3.8) is 0 Å². The van der Waals surface area contributed by atoms with Gasteiger partial charge in [0.25, 0.3) is 0 Å². The van der Waals surface area contributed by atoms with E-state index in [1.165, 1.54) is 4.88 Å². The van der Waals surface area contributed by atoms with E-state index in [1.807, 2.05) is 11.3 Å². The number of thiophene rings is 1. The summed E-state index contributed by atoms with van der Waals surface area (Å²) >= 11 is 6.93. The number of rotatable bonds is 8. The van der Waals surface area contributed by atoms with Crippen LogP contribution in [-0.2, 0) is 6.54 Å². The summed E-state index contributed by atoms with van der Waals surface area (Å²) in [5, 5.41) is 2.14. The normalized spacial score (nSPS) is 12.0. The van der Waals surface area contributed by atoms with Gasteiger partial charge in [0.2, 0.25) is 0 Å². The molecule has 1 heterocycles. The lowest BCUT2D eigenvalue weighted by Crippen LogP contribution is -2.31. The van der Waals surface area contributed by atoms with Gasteiger partial charge in [0.1, 0.15) is 0 Å². The molecule has 0 radical (unpaired) electrons. The number of hydrogen-bond donors (Lipinski definition) is 1. The van der Waals surface area contributed by atoms with E-state index < -0.39 is 0 Å². The van der Waals surface area contributed by atoms with E-state index in [-0.39, 0.29) is 5.41 Å². The van der Waals surface area contributed by atoms with Gasteiger partial charge in [-0.05, 0) is 37.4 Å². The lowest BCUT2D eigenvalue weighted by Gasteiger charge is -2.25. The molecule has 0 aliphatic carbocycles. The molecule has 0 spiro atoms. The molecule has 0 saturated heterocycles. The molecule has 0 saturated carbocycles. The summed E-state index contributed by atoms with van der Waals surface area (Å²) in [5.74, 6) is 0. The van der Waals surface area contributed by atoms with Crippen molar-refractivity contribution < 1.29 is 0 Å². The summed E-state index contributed by atoms with van der Waals surface area (Å²) in [4.78, 5) is 4.54. The monoisotopic (exact) mass is 284 g/mol. The molecule has 0 aliphatic heterocycles. The zero-order chi connectivity index (χ0) is 13.6. The molecule has 2 nitrogen and oxygen atoms in total. The minimum absolute atomic E-state index is 0.0162. The smallest absolute Gasteiger partial charge is 0.0784 e. The average Bonchev–Trinajstić information content (AvgIpc) is 2.80. The zero-order valence-electron chi connectivity index (χ0n) is 11.6. The fourth-order valence-corrected chi connectivity index (χ4v) is 2.69. The van der Waals surface area contributed by atoms with Crippen LogP contribution >= 0.6 is 23.6 Å². The summed E-state index contributed by atoms with van der Waals surface area (Å²) < 4.78 is 0. The molecule has 0 aromatic carbocycles. The fourth-order valence-electron chi connectivity index (χ4n) is 1.84. The van der Waals surface area contributed by atoms with Crippen LogP contribution in [0.1, 0.15) is 38.5 Å². The maximum absolute atomic E-state index is 5.75. The predicted octanol–water partition coefficient (Wildman–Crippen LogP) is 3.66. The molecule has 2 N–H and O–H groups in total. The Morgan fingerprint density at radius 2 is 2.22 bits per heavy atom. The Balaban J connectivity index is 2.34. The highest BCUT2D eigenvalue weighted by Crippen LogP contribution is 2.23. The second-order valence-electron chi connectivity index (χ2n) is 5.30. The van der Waals surface area contributed by atoms with Gasteiger partial charge in [-0.25, -0.2) is 0 Å². The topological polar surface area (TPSA) is 29.3 Å². The first-order chi connectivity index (χ1) is 8.45. The molecule has 4 heteroatoms. The van der Waals surface area contributed by atoms with Crippen molar-refractivity contribution in [2.75, 3.05) is 13.1 Å². The average molecular weight is 284 g/mol. The zero-order valence-corrected chi connectivity index (χ0v) is 13.2. The molecule has 0 atom stereocenters. The lowest BCUT2D eigenvalue weighted by atomic mass is 9.88. The van der Waals surface area contributed by atoms with Gasteiger partial charge < -0.3 is 5.73 Å². The van der Waals surface area contributed by atoms with Crippen molar-refractivity contribution in [3.8, 4) is 0 Å². The number of hydrogen-bond acceptors (Lipinski definition) is 3. The van der Waals surface area contributed by atoms with E-state index in [1.54, 1.807) is 0 Å². The molecule has 102 valence electrons. The van der Waals surface area contributed by atoms with Crippen molar-refractivity contribution in [2.24, 2.45) is 11.1 Å². The van der Waals surface area contributed by atoms with Crippen LogP contribution in [0, 0.1) is 5.41 Å². The third-order valence-electron chi connectivity index (χ3n) is 3.35. The quantitative estimate of drug-likeness (QED) is 0.739. The maximum Gasteiger partial charge on any atom is 0.0784 e. The first kappa shape index (κ1) is 15.6. The molecule has 0 bridgehead atoms. The Kier molecular flexibility index (Phi) is 6.26. The molecule has 1 aromatic rings. The molecule has 1 aromatic heterocycles. The van der Waals surface area contributed by atoms with Crippen LogP contribution < -0.4 is 5.73 Å². The van der Waals surface area contributed by atoms with E-state index in [9.17, 15) is 0 Å². The first-order valence-electron chi connectivity index (χ1n) is 6.50. The Morgan fingerprint density at radius 1 is 1.50 bits per heavy atom. The molecular formula is C14H24N2S2. The van der Waals surface area contributed by atoms with Crippen molar-refractivity contribution >= 4 is 28.5 Å². The van der Waals surface area contributed by atoms with Crippen LogP contribution in [0.2, 0.25) is 0 Å². The maximum atomic E-state index is 5.75. The van der Waals surface area contributed by atoms with Crippen LogP contribution in [0.25, 0.3) is 0 Å². The van der Waals surface area contributed by atoms with E-state index in [0.29, 0.717) is 4.99 Å². The minimum atomic E-state index is -0.0162. The van der Waals surface area contributed by atoms with Crippen LogP contribution in [0.4, 0.5) is 0 Å². The van der Waals surface area contributed by atoms with Crippen LogP contribution in [0.5, 0.6) is 0 Å². The van der Waals surface area contributed by atoms with Crippen LogP contribution in [0.15, 0.2) is 17.5 Å². The Hall–Kier alpha value is -0.450. The van der Waals surface area contributed by atoms with Gasteiger partial charge in [0.05, 0.1) is 4.99 Å². The Bertz CT molecular complexity index is 358. The SMILES string of the molecule is CCN(CCCC(C)(C)C(N)=S)Cc1cccs1. The third-order valence-corrected chi connectivity index (χ3v) is 4.76. The molecular weight excluding hydrogens is 260 g/mol. The predicted molar refractivity (Wildman–Crippen MR) is 85.1 cm³/mol. The Labute approximate surface area is 120 Å². The molecule has 18 heavy (non-hydrogen) atoms. The van der Waals surface area contributed by atoms with Gasteiger partial charge in [0, 0.05) is 16.8 Å². The van der Waals surface area contributed by atoms with Crippen molar-refractivity contribution in [1.29, 1.82) is 0 Å². The molecule has 0 amide bonds. The highest BCUT2D eigenvalue weighted by molar-refractivity contribution is 7.80. The summed E-state index contributed by atoms with van der Waals surface area (Å²) in [7, 11) is 0. The molecule has 1 rings (SSSR count). The van der Waals surface area contributed by atoms with E-state index in [0.717, 1.165) is 32.5 Å². The van der Waals surface area contributed by atoms with Crippen LogP contribution in [-0.4, -0.2) is 23.0 Å². The lowest BCUT2D eigenvalue weighted by molar-refractivity contribution is 0.264. The summed E-state index contributed by atoms with van der Waals surface area (Å²) in [5.41, 5.74) is 5.73. The van der Waals surface area contributed by atoms with Gasteiger partial charge in [0.15, 0.2) is 0 Å². The van der Waals surface area contributed by atoms with Gasteiger partial charge >= 0.3 is 0 Å². The second kappa shape index (κ2) is 7.22. The number of nitrogens with two attached hydrogens (primary N) is 1. The van der Waals surface area contributed by atoms with Gasteiger partial charge in [-0.2, -0.15) is 0 Å².